The Morgan fingerprint density at radius 1 is 1.25 bits per heavy atom. The average molecular weight is 275 g/mol. The number of hydrogen-bond acceptors (Lipinski definition) is 3. The Balaban J connectivity index is 2.26. The standard InChI is InChI=1S/C15H14FNO3/c1-2-12-8-13(17(18)19)9-14(15(12)16)20-10-11-6-4-3-5-7-11/h3-9H,2,10H2,1H3. The summed E-state index contributed by atoms with van der Waals surface area (Å²) in [5.74, 6) is -0.617. The second-order valence-electron chi connectivity index (χ2n) is 4.30. The summed E-state index contributed by atoms with van der Waals surface area (Å²) in [5.41, 5.74) is 0.991. The molecule has 0 heterocycles. The number of rotatable bonds is 5. The molecular formula is C15H14FNO3. The molecule has 0 aliphatic carbocycles. The van der Waals surface area contributed by atoms with E-state index in [0.717, 1.165) is 11.6 Å². The maximum Gasteiger partial charge on any atom is 0.273 e. The van der Waals surface area contributed by atoms with Crippen LogP contribution in [0.25, 0.3) is 0 Å². The molecule has 0 spiro atoms. The first-order valence-electron chi connectivity index (χ1n) is 6.25. The maximum absolute atomic E-state index is 14.1. The van der Waals surface area contributed by atoms with Crippen LogP contribution in [0, 0.1) is 15.9 Å². The van der Waals surface area contributed by atoms with Gasteiger partial charge in [-0.05, 0) is 17.5 Å². The van der Waals surface area contributed by atoms with Gasteiger partial charge in [-0.15, -0.1) is 0 Å². The van der Waals surface area contributed by atoms with Gasteiger partial charge in [-0.2, -0.15) is 0 Å². The summed E-state index contributed by atoms with van der Waals surface area (Å²) in [6, 6.07) is 11.6. The fraction of sp³-hybridized carbons (Fsp3) is 0.200. The Morgan fingerprint density at radius 2 is 1.95 bits per heavy atom. The highest BCUT2D eigenvalue weighted by Crippen LogP contribution is 2.28. The van der Waals surface area contributed by atoms with E-state index in [9.17, 15) is 14.5 Å². The van der Waals surface area contributed by atoms with Gasteiger partial charge in [0, 0.05) is 6.07 Å². The van der Waals surface area contributed by atoms with Crippen LogP contribution < -0.4 is 4.74 Å². The molecule has 5 heteroatoms. The van der Waals surface area contributed by atoms with E-state index in [1.54, 1.807) is 6.92 Å². The topological polar surface area (TPSA) is 52.4 Å². The molecule has 0 amide bonds. The first-order valence-corrected chi connectivity index (χ1v) is 6.25. The first kappa shape index (κ1) is 14.0. The molecule has 0 saturated carbocycles. The van der Waals surface area contributed by atoms with Crippen LogP contribution in [0.1, 0.15) is 18.1 Å². The molecule has 0 aliphatic heterocycles. The van der Waals surface area contributed by atoms with Crippen molar-refractivity contribution in [1.29, 1.82) is 0 Å². The Morgan fingerprint density at radius 3 is 2.55 bits per heavy atom. The van der Waals surface area contributed by atoms with Gasteiger partial charge in [0.25, 0.3) is 5.69 Å². The SMILES string of the molecule is CCc1cc([N+](=O)[O-])cc(OCc2ccccc2)c1F. The highest BCUT2D eigenvalue weighted by Gasteiger charge is 2.16. The van der Waals surface area contributed by atoms with Crippen molar-refractivity contribution in [3.8, 4) is 5.75 Å². The van der Waals surface area contributed by atoms with Crippen molar-refractivity contribution >= 4 is 5.69 Å². The number of hydrogen-bond donors (Lipinski definition) is 0. The van der Waals surface area contributed by atoms with Gasteiger partial charge in [0.1, 0.15) is 6.61 Å². The van der Waals surface area contributed by atoms with Crippen LogP contribution in [0.3, 0.4) is 0 Å². The van der Waals surface area contributed by atoms with Crippen molar-refractivity contribution in [2.75, 3.05) is 0 Å². The lowest BCUT2D eigenvalue weighted by Gasteiger charge is -2.09. The minimum atomic E-state index is -0.548. The number of nitro benzene ring substituents is 1. The quantitative estimate of drug-likeness (QED) is 0.614. The summed E-state index contributed by atoms with van der Waals surface area (Å²) in [4.78, 5) is 10.3. The molecule has 0 aliphatic rings. The van der Waals surface area contributed by atoms with Crippen LogP contribution in [0.15, 0.2) is 42.5 Å². The highest BCUT2D eigenvalue weighted by atomic mass is 19.1. The van der Waals surface area contributed by atoms with Crippen molar-refractivity contribution in [1.82, 2.24) is 0 Å². The molecule has 0 N–H and O–H groups in total. The molecule has 0 atom stereocenters. The van der Waals surface area contributed by atoms with E-state index in [-0.39, 0.29) is 23.6 Å². The monoisotopic (exact) mass is 275 g/mol. The van der Waals surface area contributed by atoms with Gasteiger partial charge in [-0.3, -0.25) is 10.1 Å². The molecule has 104 valence electrons. The van der Waals surface area contributed by atoms with Crippen molar-refractivity contribution in [2.45, 2.75) is 20.0 Å². The molecule has 2 aromatic carbocycles. The first-order chi connectivity index (χ1) is 9.61. The van der Waals surface area contributed by atoms with Gasteiger partial charge in [-0.1, -0.05) is 37.3 Å². The molecule has 2 rings (SSSR count). The Hall–Kier alpha value is -2.43. The zero-order valence-corrected chi connectivity index (χ0v) is 11.0. The van der Waals surface area contributed by atoms with E-state index in [2.05, 4.69) is 0 Å². The van der Waals surface area contributed by atoms with Crippen molar-refractivity contribution in [2.24, 2.45) is 0 Å². The summed E-state index contributed by atoms with van der Waals surface area (Å²) >= 11 is 0. The zero-order valence-electron chi connectivity index (χ0n) is 11.0. The van der Waals surface area contributed by atoms with E-state index in [1.807, 2.05) is 30.3 Å². The summed E-state index contributed by atoms with van der Waals surface area (Å²) in [6.45, 7) is 1.91. The molecular weight excluding hydrogens is 261 g/mol. The predicted octanol–water partition coefficient (Wildman–Crippen LogP) is 3.88. The van der Waals surface area contributed by atoms with Crippen LogP contribution in [0.4, 0.5) is 10.1 Å². The van der Waals surface area contributed by atoms with E-state index in [4.69, 9.17) is 4.74 Å². The number of non-ortho nitro benzene ring substituents is 1. The Kier molecular flexibility index (Phi) is 4.30. The molecule has 20 heavy (non-hydrogen) atoms. The molecule has 0 radical (unpaired) electrons. The largest absolute Gasteiger partial charge is 0.486 e. The van der Waals surface area contributed by atoms with Gasteiger partial charge in [-0.25, -0.2) is 4.39 Å². The molecule has 4 nitrogen and oxygen atoms in total. The van der Waals surface area contributed by atoms with Gasteiger partial charge >= 0.3 is 0 Å². The van der Waals surface area contributed by atoms with Crippen LogP contribution in [-0.2, 0) is 13.0 Å². The van der Waals surface area contributed by atoms with E-state index in [0.29, 0.717) is 6.42 Å². The lowest BCUT2D eigenvalue weighted by atomic mass is 10.1. The van der Waals surface area contributed by atoms with E-state index >= 15 is 0 Å². The molecule has 0 fully saturated rings. The van der Waals surface area contributed by atoms with Crippen LogP contribution >= 0.6 is 0 Å². The van der Waals surface area contributed by atoms with Gasteiger partial charge in [0.05, 0.1) is 11.0 Å². The van der Waals surface area contributed by atoms with Gasteiger partial charge in [0.15, 0.2) is 11.6 Å². The van der Waals surface area contributed by atoms with Crippen LogP contribution in [0.2, 0.25) is 0 Å². The lowest BCUT2D eigenvalue weighted by Crippen LogP contribution is -2.01. The van der Waals surface area contributed by atoms with E-state index in [1.165, 1.54) is 6.07 Å². The summed E-state index contributed by atoms with van der Waals surface area (Å²) < 4.78 is 19.4. The Labute approximate surface area is 116 Å². The zero-order chi connectivity index (χ0) is 14.5. The number of benzene rings is 2. The third-order valence-corrected chi connectivity index (χ3v) is 2.93. The van der Waals surface area contributed by atoms with Gasteiger partial charge < -0.3 is 4.74 Å². The lowest BCUT2D eigenvalue weighted by molar-refractivity contribution is -0.385. The summed E-state index contributed by atoms with van der Waals surface area (Å²) in [6.07, 6.45) is 0.370. The van der Waals surface area contributed by atoms with Crippen molar-refractivity contribution in [3.63, 3.8) is 0 Å². The molecule has 0 aromatic heterocycles. The average Bonchev–Trinajstić information content (AvgIpc) is 2.47. The maximum atomic E-state index is 14.1. The fourth-order valence-electron chi connectivity index (χ4n) is 1.84. The van der Waals surface area contributed by atoms with Crippen molar-refractivity contribution in [3.05, 3.63) is 69.5 Å². The number of halogens is 1. The predicted molar refractivity (Wildman–Crippen MR) is 73.2 cm³/mol. The number of nitro groups is 1. The summed E-state index contributed by atoms with van der Waals surface area (Å²) in [5, 5.41) is 10.8. The summed E-state index contributed by atoms with van der Waals surface area (Å²) in [7, 11) is 0. The Bertz CT molecular complexity index is 614. The number of ether oxygens (including phenoxy) is 1. The van der Waals surface area contributed by atoms with Crippen molar-refractivity contribution < 1.29 is 14.1 Å². The normalized spacial score (nSPS) is 10.3. The van der Waals surface area contributed by atoms with E-state index < -0.39 is 10.7 Å². The van der Waals surface area contributed by atoms with Crippen LogP contribution in [0.5, 0.6) is 5.75 Å². The molecule has 2 aromatic rings. The van der Waals surface area contributed by atoms with Crippen LogP contribution in [-0.4, -0.2) is 4.92 Å². The fourth-order valence-corrected chi connectivity index (χ4v) is 1.84. The number of nitrogens with zero attached hydrogens (tertiary/aromatic N) is 1. The second kappa shape index (κ2) is 6.14. The molecule has 0 unspecified atom stereocenters. The number of aryl methyl sites for hydroxylation is 1. The third-order valence-electron chi connectivity index (χ3n) is 2.93. The molecule has 0 saturated heterocycles. The smallest absolute Gasteiger partial charge is 0.273 e. The minimum Gasteiger partial charge on any atom is -0.486 e. The highest BCUT2D eigenvalue weighted by molar-refractivity contribution is 5.44. The second-order valence-corrected chi connectivity index (χ2v) is 4.30. The third kappa shape index (κ3) is 3.12. The molecule has 0 bridgehead atoms. The van der Waals surface area contributed by atoms with Gasteiger partial charge in [0.2, 0.25) is 0 Å². The minimum absolute atomic E-state index is 0.0834.